The fraction of sp³-hybridized carbons (Fsp3) is 0.200. The summed E-state index contributed by atoms with van der Waals surface area (Å²) in [7, 11) is 0. The zero-order valence-corrected chi connectivity index (χ0v) is 15.0. The molecule has 0 unspecified atom stereocenters. The number of amides is 2. The maximum Gasteiger partial charge on any atom is 0.416 e. The van der Waals surface area contributed by atoms with Gasteiger partial charge < -0.3 is 4.74 Å². The smallest absolute Gasteiger partial charge is 0.416 e. The van der Waals surface area contributed by atoms with Gasteiger partial charge in [0.2, 0.25) is 0 Å². The molecule has 2 aromatic rings. The second kappa shape index (κ2) is 7.57. The molecule has 1 fully saturated rings. The van der Waals surface area contributed by atoms with Gasteiger partial charge in [0.15, 0.2) is 0 Å². The van der Waals surface area contributed by atoms with Crippen LogP contribution in [0.25, 0.3) is 5.57 Å². The molecule has 5 heteroatoms. The highest BCUT2D eigenvalue weighted by Crippen LogP contribution is 2.34. The molecule has 0 aliphatic carbocycles. The molecule has 25 heavy (non-hydrogen) atoms. The summed E-state index contributed by atoms with van der Waals surface area (Å²) in [5.41, 5.74) is 2.96. The molecule has 1 aliphatic rings. The molecule has 0 atom stereocenters. The van der Waals surface area contributed by atoms with E-state index in [1.54, 1.807) is 0 Å². The molecule has 2 amide bonds. The van der Waals surface area contributed by atoms with Gasteiger partial charge in [0.1, 0.15) is 6.61 Å². The second-order valence-electron chi connectivity index (χ2n) is 5.81. The van der Waals surface area contributed by atoms with Gasteiger partial charge in [-0.1, -0.05) is 59.8 Å². The lowest BCUT2D eigenvalue weighted by Gasteiger charge is -2.16. The number of rotatable bonds is 4. The SMILES string of the molecule is C/C(=C(/Sc1ccc(C)cc1)C(=O)N1CCOC1=O)c1ccccc1. The second-order valence-corrected chi connectivity index (χ2v) is 6.89. The van der Waals surface area contributed by atoms with Crippen molar-refractivity contribution in [3.05, 3.63) is 70.6 Å². The molecule has 0 N–H and O–H groups in total. The number of carbonyl (C=O) groups is 2. The molecule has 0 radical (unpaired) electrons. The monoisotopic (exact) mass is 353 g/mol. The van der Waals surface area contributed by atoms with Crippen molar-refractivity contribution in [2.45, 2.75) is 18.7 Å². The number of nitrogens with zero attached hydrogens (tertiary/aromatic N) is 1. The zero-order chi connectivity index (χ0) is 17.8. The Morgan fingerprint density at radius 1 is 1.08 bits per heavy atom. The maximum atomic E-state index is 13.0. The third kappa shape index (κ3) is 3.94. The van der Waals surface area contributed by atoms with E-state index in [0.717, 1.165) is 21.6 Å². The molecule has 128 valence electrons. The van der Waals surface area contributed by atoms with E-state index >= 15 is 0 Å². The van der Waals surface area contributed by atoms with Crippen LogP contribution in [0.3, 0.4) is 0 Å². The predicted molar refractivity (Wildman–Crippen MR) is 99.1 cm³/mol. The molecule has 0 bridgehead atoms. The minimum absolute atomic E-state index is 0.247. The predicted octanol–water partition coefficient (Wildman–Crippen LogP) is 4.50. The first-order valence-electron chi connectivity index (χ1n) is 8.05. The lowest BCUT2D eigenvalue weighted by atomic mass is 10.1. The van der Waals surface area contributed by atoms with Gasteiger partial charge in [-0.2, -0.15) is 0 Å². The van der Waals surface area contributed by atoms with Crippen LogP contribution in [-0.2, 0) is 9.53 Å². The quantitative estimate of drug-likeness (QED) is 0.600. The van der Waals surface area contributed by atoms with Crippen molar-refractivity contribution in [3.8, 4) is 0 Å². The van der Waals surface area contributed by atoms with Crippen molar-refractivity contribution in [3.63, 3.8) is 0 Å². The van der Waals surface area contributed by atoms with Crippen molar-refractivity contribution >= 4 is 29.3 Å². The van der Waals surface area contributed by atoms with Crippen LogP contribution in [-0.4, -0.2) is 30.1 Å². The van der Waals surface area contributed by atoms with Gasteiger partial charge in [-0.15, -0.1) is 0 Å². The van der Waals surface area contributed by atoms with Gasteiger partial charge in [-0.25, -0.2) is 9.69 Å². The Morgan fingerprint density at radius 2 is 1.76 bits per heavy atom. The summed E-state index contributed by atoms with van der Waals surface area (Å²) in [5.74, 6) is -0.311. The highest BCUT2D eigenvalue weighted by atomic mass is 32.2. The number of imide groups is 1. The number of ether oxygens (including phenoxy) is 1. The standard InChI is InChI=1S/C20H19NO3S/c1-14-8-10-17(11-9-14)25-18(15(2)16-6-4-3-5-7-16)19(22)21-12-13-24-20(21)23/h3-11H,12-13H2,1-2H3/b18-15-. The van der Waals surface area contributed by atoms with Crippen LogP contribution in [0, 0.1) is 6.92 Å². The van der Waals surface area contributed by atoms with Crippen molar-refractivity contribution < 1.29 is 14.3 Å². The Balaban J connectivity index is 2.00. The van der Waals surface area contributed by atoms with Crippen molar-refractivity contribution in [1.29, 1.82) is 0 Å². The van der Waals surface area contributed by atoms with Crippen molar-refractivity contribution in [2.75, 3.05) is 13.2 Å². The third-order valence-corrected chi connectivity index (χ3v) is 5.18. The highest BCUT2D eigenvalue weighted by Gasteiger charge is 2.32. The number of hydrogen-bond donors (Lipinski definition) is 0. The van der Waals surface area contributed by atoms with E-state index in [4.69, 9.17) is 4.74 Å². The van der Waals surface area contributed by atoms with Crippen LogP contribution in [0.1, 0.15) is 18.1 Å². The van der Waals surface area contributed by atoms with Crippen LogP contribution in [0.15, 0.2) is 64.4 Å². The van der Waals surface area contributed by atoms with Crippen LogP contribution in [0.4, 0.5) is 4.79 Å². The van der Waals surface area contributed by atoms with Gasteiger partial charge in [-0.05, 0) is 37.1 Å². The van der Waals surface area contributed by atoms with E-state index in [1.807, 2.05) is 68.4 Å². The fourth-order valence-electron chi connectivity index (χ4n) is 2.52. The highest BCUT2D eigenvalue weighted by molar-refractivity contribution is 8.04. The molecule has 0 spiro atoms. The summed E-state index contributed by atoms with van der Waals surface area (Å²) in [6, 6.07) is 17.7. The fourth-order valence-corrected chi connectivity index (χ4v) is 3.50. The van der Waals surface area contributed by atoms with Gasteiger partial charge in [0.25, 0.3) is 5.91 Å². The van der Waals surface area contributed by atoms with Crippen molar-refractivity contribution in [1.82, 2.24) is 4.90 Å². The summed E-state index contributed by atoms with van der Waals surface area (Å²) >= 11 is 1.38. The number of benzene rings is 2. The molecular weight excluding hydrogens is 334 g/mol. The lowest BCUT2D eigenvalue weighted by molar-refractivity contribution is -0.123. The number of thioether (sulfide) groups is 1. The molecule has 1 heterocycles. The molecule has 1 aliphatic heterocycles. The third-order valence-electron chi connectivity index (χ3n) is 3.99. The minimum atomic E-state index is -0.576. The molecule has 2 aromatic carbocycles. The Morgan fingerprint density at radius 3 is 2.36 bits per heavy atom. The molecule has 0 saturated carbocycles. The maximum absolute atomic E-state index is 13.0. The number of carbonyl (C=O) groups excluding carboxylic acids is 2. The van der Waals surface area contributed by atoms with Gasteiger partial charge in [0.05, 0.1) is 11.4 Å². The van der Waals surface area contributed by atoms with Gasteiger partial charge in [0, 0.05) is 4.90 Å². The largest absolute Gasteiger partial charge is 0.447 e. The van der Waals surface area contributed by atoms with E-state index in [2.05, 4.69) is 0 Å². The van der Waals surface area contributed by atoms with Gasteiger partial charge >= 0.3 is 6.09 Å². The molecule has 3 rings (SSSR count). The van der Waals surface area contributed by atoms with E-state index < -0.39 is 6.09 Å². The van der Waals surface area contributed by atoms with E-state index in [9.17, 15) is 9.59 Å². The van der Waals surface area contributed by atoms with E-state index in [0.29, 0.717) is 4.91 Å². The first-order chi connectivity index (χ1) is 12.1. The number of cyclic esters (lactones) is 1. The average Bonchev–Trinajstić information content (AvgIpc) is 3.07. The molecular formula is C20H19NO3S. The zero-order valence-electron chi connectivity index (χ0n) is 14.2. The molecule has 0 aromatic heterocycles. The number of aryl methyl sites for hydroxylation is 1. The van der Waals surface area contributed by atoms with Crippen molar-refractivity contribution in [2.24, 2.45) is 0 Å². The topological polar surface area (TPSA) is 46.6 Å². The van der Waals surface area contributed by atoms with Crippen LogP contribution in [0.5, 0.6) is 0 Å². The summed E-state index contributed by atoms with van der Waals surface area (Å²) in [6.45, 7) is 4.46. The summed E-state index contributed by atoms with van der Waals surface area (Å²) in [5, 5.41) is 0. The average molecular weight is 353 g/mol. The summed E-state index contributed by atoms with van der Waals surface area (Å²) in [4.78, 5) is 27.5. The Kier molecular flexibility index (Phi) is 5.24. The van der Waals surface area contributed by atoms with E-state index in [1.165, 1.54) is 16.7 Å². The first-order valence-corrected chi connectivity index (χ1v) is 8.87. The number of hydrogen-bond acceptors (Lipinski definition) is 4. The minimum Gasteiger partial charge on any atom is -0.447 e. The summed E-state index contributed by atoms with van der Waals surface area (Å²) in [6.07, 6.45) is -0.576. The first kappa shape index (κ1) is 17.3. The molecule has 4 nitrogen and oxygen atoms in total. The Bertz CT molecular complexity index is 813. The number of allylic oxidation sites excluding steroid dienone is 1. The van der Waals surface area contributed by atoms with E-state index in [-0.39, 0.29) is 19.1 Å². The summed E-state index contributed by atoms with van der Waals surface area (Å²) < 4.78 is 4.92. The van der Waals surface area contributed by atoms with Crippen LogP contribution < -0.4 is 0 Å². The lowest BCUT2D eigenvalue weighted by Crippen LogP contribution is -2.32. The molecule has 1 saturated heterocycles. The normalized spacial score (nSPS) is 15.0. The Labute approximate surface area is 151 Å². The van der Waals surface area contributed by atoms with Crippen LogP contribution >= 0.6 is 11.8 Å². The van der Waals surface area contributed by atoms with Crippen LogP contribution in [0.2, 0.25) is 0 Å². The Hall–Kier alpha value is -2.53. The van der Waals surface area contributed by atoms with Gasteiger partial charge in [-0.3, -0.25) is 4.79 Å².